The van der Waals surface area contributed by atoms with E-state index in [-0.39, 0.29) is 23.4 Å². The van der Waals surface area contributed by atoms with Crippen LogP contribution in [0.3, 0.4) is 0 Å². The van der Waals surface area contributed by atoms with Crippen molar-refractivity contribution in [3.05, 3.63) is 34.6 Å². The van der Waals surface area contributed by atoms with Crippen molar-refractivity contribution in [1.82, 2.24) is 5.32 Å². The molecule has 0 aliphatic heterocycles. The van der Waals surface area contributed by atoms with Gasteiger partial charge in [-0.2, -0.15) is 0 Å². The second-order valence-corrected chi connectivity index (χ2v) is 6.75. The fourth-order valence-electron chi connectivity index (χ4n) is 2.93. The van der Waals surface area contributed by atoms with E-state index < -0.39 is 0 Å². The Labute approximate surface area is 129 Å². The summed E-state index contributed by atoms with van der Waals surface area (Å²) < 4.78 is 20.6. The molecule has 1 N–H and O–H groups in total. The maximum Gasteiger partial charge on any atom is 0.128 e. The van der Waals surface area contributed by atoms with Crippen LogP contribution >= 0.6 is 0 Å². The zero-order chi connectivity index (χ0) is 16.2. The third kappa shape index (κ3) is 4.52. The first-order valence-corrected chi connectivity index (χ1v) is 7.84. The van der Waals surface area contributed by atoms with E-state index in [0.29, 0.717) is 6.61 Å². The van der Waals surface area contributed by atoms with Crippen molar-refractivity contribution in [2.75, 3.05) is 13.2 Å². The van der Waals surface area contributed by atoms with Crippen LogP contribution in [0.25, 0.3) is 0 Å². The number of hydrogen-bond acceptors (Lipinski definition) is 2. The van der Waals surface area contributed by atoms with Crippen LogP contribution in [-0.4, -0.2) is 19.3 Å². The number of nitrogens with one attached hydrogen (secondary N) is 1. The molecule has 0 fully saturated rings. The summed E-state index contributed by atoms with van der Waals surface area (Å²) in [5.41, 5.74) is 2.59. The Morgan fingerprint density at radius 3 is 2.24 bits per heavy atom. The summed E-state index contributed by atoms with van der Waals surface area (Å²) in [4.78, 5) is 0. The maximum absolute atomic E-state index is 14.6. The molecular weight excluding hydrogens is 265 g/mol. The molecule has 120 valence electrons. The minimum Gasteiger partial charge on any atom is -0.376 e. The molecule has 0 amide bonds. The Morgan fingerprint density at radius 1 is 1.19 bits per heavy atom. The van der Waals surface area contributed by atoms with Crippen LogP contribution in [0.5, 0.6) is 0 Å². The predicted octanol–water partition coefficient (Wildman–Crippen LogP) is 4.54. The van der Waals surface area contributed by atoms with Crippen molar-refractivity contribution in [2.24, 2.45) is 5.41 Å². The minimum atomic E-state index is -0.146. The first kappa shape index (κ1) is 18.1. The van der Waals surface area contributed by atoms with Crippen molar-refractivity contribution in [2.45, 2.75) is 60.6 Å². The number of rotatable bonds is 6. The molecule has 1 aromatic carbocycles. The number of likely N-dealkylation sites (N-methyl/N-ethyl adjacent to an activating group) is 1. The molecule has 1 rings (SSSR count). The smallest absolute Gasteiger partial charge is 0.128 e. The summed E-state index contributed by atoms with van der Waals surface area (Å²) in [5.74, 6) is -0.146. The summed E-state index contributed by atoms with van der Waals surface area (Å²) >= 11 is 0. The zero-order valence-electron chi connectivity index (χ0n) is 14.5. The number of hydrogen-bond donors (Lipinski definition) is 1. The van der Waals surface area contributed by atoms with Gasteiger partial charge >= 0.3 is 0 Å². The van der Waals surface area contributed by atoms with Crippen molar-refractivity contribution >= 4 is 0 Å². The summed E-state index contributed by atoms with van der Waals surface area (Å²) in [5, 5.41) is 3.43. The van der Waals surface area contributed by atoms with Crippen LogP contribution in [0, 0.1) is 25.1 Å². The molecular formula is C18H30FNO. The van der Waals surface area contributed by atoms with E-state index in [4.69, 9.17) is 4.74 Å². The van der Waals surface area contributed by atoms with Crippen molar-refractivity contribution in [3.63, 3.8) is 0 Å². The monoisotopic (exact) mass is 295 g/mol. The van der Waals surface area contributed by atoms with Gasteiger partial charge in [-0.15, -0.1) is 0 Å². The van der Waals surface area contributed by atoms with Crippen LogP contribution in [0.1, 0.15) is 57.4 Å². The van der Waals surface area contributed by atoms with E-state index in [2.05, 4.69) is 26.1 Å². The van der Waals surface area contributed by atoms with Gasteiger partial charge in [-0.05, 0) is 49.9 Å². The van der Waals surface area contributed by atoms with Gasteiger partial charge in [-0.25, -0.2) is 4.39 Å². The molecule has 0 spiro atoms. The van der Waals surface area contributed by atoms with Crippen LogP contribution in [0.2, 0.25) is 0 Å². The molecule has 1 aromatic rings. The van der Waals surface area contributed by atoms with Crippen LogP contribution in [0.4, 0.5) is 4.39 Å². The molecule has 0 heterocycles. The third-order valence-corrected chi connectivity index (χ3v) is 3.72. The zero-order valence-corrected chi connectivity index (χ0v) is 14.5. The Balaban J connectivity index is 3.34. The third-order valence-electron chi connectivity index (χ3n) is 3.72. The van der Waals surface area contributed by atoms with Crippen molar-refractivity contribution in [3.8, 4) is 0 Å². The molecule has 0 radical (unpaired) electrons. The topological polar surface area (TPSA) is 21.3 Å². The standard InChI is InChI=1S/C18H30FNO/c1-8-20-16(17(21-9-2)18(5,6)7)15-13(4)10-12(3)11-14(15)19/h10-11,16-17,20H,8-9H2,1-7H3. The quantitative estimate of drug-likeness (QED) is 0.831. The number of aryl methyl sites for hydroxylation is 2. The molecule has 2 unspecified atom stereocenters. The lowest BCUT2D eigenvalue weighted by Crippen LogP contribution is -2.43. The molecule has 0 aliphatic rings. The van der Waals surface area contributed by atoms with Gasteiger partial charge < -0.3 is 10.1 Å². The van der Waals surface area contributed by atoms with E-state index in [1.807, 2.05) is 33.8 Å². The lowest BCUT2D eigenvalue weighted by Gasteiger charge is -2.38. The number of ether oxygens (including phenoxy) is 1. The molecule has 3 heteroatoms. The van der Waals surface area contributed by atoms with Gasteiger partial charge in [-0.1, -0.05) is 33.8 Å². The Bertz CT molecular complexity index is 442. The lowest BCUT2D eigenvalue weighted by atomic mass is 9.80. The van der Waals surface area contributed by atoms with Gasteiger partial charge in [0.15, 0.2) is 0 Å². The van der Waals surface area contributed by atoms with E-state index >= 15 is 0 Å². The molecule has 2 nitrogen and oxygen atoms in total. The van der Waals surface area contributed by atoms with Gasteiger partial charge in [0.25, 0.3) is 0 Å². The summed E-state index contributed by atoms with van der Waals surface area (Å²) in [7, 11) is 0. The molecule has 0 saturated heterocycles. The minimum absolute atomic E-state index is 0.0768. The molecule has 2 atom stereocenters. The molecule has 0 saturated carbocycles. The average molecular weight is 295 g/mol. The summed E-state index contributed by atoms with van der Waals surface area (Å²) in [6.07, 6.45) is -0.0849. The van der Waals surface area contributed by atoms with Gasteiger partial charge in [0.05, 0.1) is 12.1 Å². The number of halogens is 1. The highest BCUT2D eigenvalue weighted by molar-refractivity contribution is 5.35. The first-order valence-electron chi connectivity index (χ1n) is 7.84. The maximum atomic E-state index is 14.6. The van der Waals surface area contributed by atoms with E-state index in [9.17, 15) is 4.39 Å². The fraction of sp³-hybridized carbons (Fsp3) is 0.667. The Hall–Kier alpha value is -0.930. The van der Waals surface area contributed by atoms with Crippen molar-refractivity contribution in [1.29, 1.82) is 0 Å². The Morgan fingerprint density at radius 2 is 1.81 bits per heavy atom. The lowest BCUT2D eigenvalue weighted by molar-refractivity contribution is -0.0371. The van der Waals surface area contributed by atoms with Crippen LogP contribution in [0.15, 0.2) is 12.1 Å². The Kier molecular flexibility index (Phi) is 6.36. The van der Waals surface area contributed by atoms with Gasteiger partial charge in [0, 0.05) is 12.2 Å². The molecule has 0 aliphatic carbocycles. The van der Waals surface area contributed by atoms with Gasteiger partial charge in [0.2, 0.25) is 0 Å². The predicted molar refractivity (Wildman–Crippen MR) is 87.2 cm³/mol. The normalized spacial score (nSPS) is 15.0. The highest BCUT2D eigenvalue weighted by Crippen LogP contribution is 2.35. The van der Waals surface area contributed by atoms with E-state index in [0.717, 1.165) is 23.2 Å². The largest absolute Gasteiger partial charge is 0.376 e. The van der Waals surface area contributed by atoms with E-state index in [1.165, 1.54) is 0 Å². The highest BCUT2D eigenvalue weighted by atomic mass is 19.1. The molecule has 0 bridgehead atoms. The van der Waals surface area contributed by atoms with Gasteiger partial charge in [-0.3, -0.25) is 0 Å². The van der Waals surface area contributed by atoms with Crippen LogP contribution < -0.4 is 5.32 Å². The van der Waals surface area contributed by atoms with E-state index in [1.54, 1.807) is 6.07 Å². The number of benzene rings is 1. The summed E-state index contributed by atoms with van der Waals surface area (Å²) in [6, 6.07) is 3.50. The second-order valence-electron chi connectivity index (χ2n) is 6.75. The van der Waals surface area contributed by atoms with Crippen LogP contribution in [-0.2, 0) is 4.74 Å². The molecule has 0 aromatic heterocycles. The second kappa shape index (κ2) is 7.37. The SMILES string of the molecule is CCNC(c1c(C)cc(C)cc1F)C(OCC)C(C)(C)C. The summed E-state index contributed by atoms with van der Waals surface area (Å²) in [6.45, 7) is 15.7. The van der Waals surface area contributed by atoms with Gasteiger partial charge in [0.1, 0.15) is 5.82 Å². The molecule has 21 heavy (non-hydrogen) atoms. The highest BCUT2D eigenvalue weighted by Gasteiger charge is 2.35. The first-order chi connectivity index (χ1) is 9.72. The van der Waals surface area contributed by atoms with Crippen molar-refractivity contribution < 1.29 is 9.13 Å². The fourth-order valence-corrected chi connectivity index (χ4v) is 2.93. The average Bonchev–Trinajstić information content (AvgIpc) is 2.32.